The molecule has 1 amide bonds. The van der Waals surface area contributed by atoms with Crippen LogP contribution in [-0.2, 0) is 11.3 Å². The lowest BCUT2D eigenvalue weighted by Gasteiger charge is -2.11. The third kappa shape index (κ3) is 3.35. The van der Waals surface area contributed by atoms with Crippen LogP contribution < -0.4 is 14.8 Å². The molecule has 2 unspecified atom stereocenters. The number of nitrogens with one attached hydrogen (secondary N) is 1. The molecule has 1 saturated carbocycles. The Morgan fingerprint density at radius 3 is 2.71 bits per heavy atom. The predicted molar refractivity (Wildman–Crippen MR) is 88.6 cm³/mol. The van der Waals surface area contributed by atoms with E-state index in [1.165, 1.54) is 6.07 Å². The van der Waals surface area contributed by atoms with Crippen molar-refractivity contribution in [2.24, 2.45) is 5.92 Å². The third-order valence-electron chi connectivity index (χ3n) is 4.38. The van der Waals surface area contributed by atoms with Crippen LogP contribution in [0.2, 0.25) is 0 Å². The van der Waals surface area contributed by atoms with Crippen molar-refractivity contribution in [3.8, 4) is 11.5 Å². The first-order chi connectivity index (χ1) is 11.6. The summed E-state index contributed by atoms with van der Waals surface area (Å²) < 4.78 is 24.3. The van der Waals surface area contributed by atoms with Crippen molar-refractivity contribution in [2.75, 3.05) is 14.2 Å². The summed E-state index contributed by atoms with van der Waals surface area (Å²) in [5, 5.41) is 2.91. The summed E-state index contributed by atoms with van der Waals surface area (Å²) in [4.78, 5) is 12.3. The Morgan fingerprint density at radius 1 is 1.21 bits per heavy atom. The van der Waals surface area contributed by atoms with E-state index in [1.54, 1.807) is 38.5 Å². The number of methoxy groups -OCH3 is 2. The molecule has 2 aromatic carbocycles. The second-order valence-corrected chi connectivity index (χ2v) is 5.87. The van der Waals surface area contributed by atoms with Crippen LogP contribution in [-0.4, -0.2) is 20.1 Å². The summed E-state index contributed by atoms with van der Waals surface area (Å²) in [6.45, 7) is 0.368. The number of hydrogen-bond donors (Lipinski definition) is 1. The van der Waals surface area contributed by atoms with E-state index in [1.807, 2.05) is 12.1 Å². The first-order valence-electron chi connectivity index (χ1n) is 7.87. The van der Waals surface area contributed by atoms with Crippen LogP contribution in [0.4, 0.5) is 4.39 Å². The van der Waals surface area contributed by atoms with Crippen LogP contribution in [0, 0.1) is 11.7 Å². The van der Waals surface area contributed by atoms with Crippen molar-refractivity contribution >= 4 is 5.91 Å². The molecule has 126 valence electrons. The predicted octanol–water partition coefficient (Wildman–Crippen LogP) is 3.26. The summed E-state index contributed by atoms with van der Waals surface area (Å²) in [7, 11) is 3.17. The Bertz CT molecular complexity index is 747. The Hall–Kier alpha value is -2.56. The Kier molecular flexibility index (Phi) is 4.69. The van der Waals surface area contributed by atoms with Gasteiger partial charge < -0.3 is 14.8 Å². The summed E-state index contributed by atoms with van der Waals surface area (Å²) in [5.41, 5.74) is 1.49. The van der Waals surface area contributed by atoms with Gasteiger partial charge in [0.1, 0.15) is 17.3 Å². The topological polar surface area (TPSA) is 47.6 Å². The van der Waals surface area contributed by atoms with Gasteiger partial charge in [0.15, 0.2) is 0 Å². The van der Waals surface area contributed by atoms with Gasteiger partial charge in [-0.3, -0.25) is 4.79 Å². The quantitative estimate of drug-likeness (QED) is 0.885. The van der Waals surface area contributed by atoms with E-state index in [0.717, 1.165) is 5.56 Å². The Balaban J connectivity index is 1.60. The zero-order valence-electron chi connectivity index (χ0n) is 13.7. The fourth-order valence-corrected chi connectivity index (χ4v) is 2.92. The lowest BCUT2D eigenvalue weighted by Crippen LogP contribution is -2.25. The van der Waals surface area contributed by atoms with Gasteiger partial charge in [0.2, 0.25) is 5.91 Å². The number of halogens is 1. The minimum absolute atomic E-state index is 0.0241. The maximum atomic E-state index is 13.8. The molecule has 3 rings (SSSR count). The summed E-state index contributed by atoms with van der Waals surface area (Å²) in [5.74, 6) is 0.880. The highest BCUT2D eigenvalue weighted by atomic mass is 19.1. The van der Waals surface area contributed by atoms with Gasteiger partial charge in [0.05, 0.1) is 14.2 Å². The molecular weight excluding hydrogens is 309 g/mol. The van der Waals surface area contributed by atoms with Gasteiger partial charge >= 0.3 is 0 Å². The second-order valence-electron chi connectivity index (χ2n) is 5.87. The van der Waals surface area contributed by atoms with Crippen molar-refractivity contribution < 1.29 is 18.7 Å². The number of rotatable bonds is 6. The van der Waals surface area contributed by atoms with Gasteiger partial charge in [-0.05, 0) is 36.1 Å². The molecule has 0 radical (unpaired) electrons. The molecule has 0 spiro atoms. The van der Waals surface area contributed by atoms with Crippen LogP contribution in [0.5, 0.6) is 11.5 Å². The van der Waals surface area contributed by atoms with E-state index >= 15 is 0 Å². The molecule has 0 saturated heterocycles. The largest absolute Gasteiger partial charge is 0.497 e. The van der Waals surface area contributed by atoms with E-state index in [0.29, 0.717) is 30.0 Å². The van der Waals surface area contributed by atoms with Gasteiger partial charge in [-0.1, -0.05) is 18.2 Å². The molecule has 1 aliphatic rings. The minimum Gasteiger partial charge on any atom is -0.497 e. The maximum Gasteiger partial charge on any atom is 0.224 e. The van der Waals surface area contributed by atoms with Gasteiger partial charge in [0, 0.05) is 24.1 Å². The highest BCUT2D eigenvalue weighted by molar-refractivity contribution is 5.83. The number of ether oxygens (including phenoxy) is 2. The Morgan fingerprint density at radius 2 is 2.00 bits per heavy atom. The van der Waals surface area contributed by atoms with Crippen molar-refractivity contribution in [3.05, 3.63) is 59.4 Å². The lowest BCUT2D eigenvalue weighted by atomic mass is 10.1. The number of carbonyl (C=O) groups excluding carboxylic acids is 1. The van der Waals surface area contributed by atoms with Crippen LogP contribution in [0.3, 0.4) is 0 Å². The number of hydrogen-bond acceptors (Lipinski definition) is 3. The molecule has 0 aliphatic heterocycles. The molecular formula is C19H20FNO3. The normalized spacial score (nSPS) is 18.8. The SMILES string of the molecule is COc1ccc(CNC(=O)C2CC2c2ccccc2F)c(OC)c1. The summed E-state index contributed by atoms with van der Waals surface area (Å²) >= 11 is 0. The van der Waals surface area contributed by atoms with Crippen LogP contribution in [0.15, 0.2) is 42.5 Å². The van der Waals surface area contributed by atoms with E-state index in [2.05, 4.69) is 5.32 Å². The number of carbonyl (C=O) groups is 1. The zero-order valence-corrected chi connectivity index (χ0v) is 13.7. The standard InChI is InChI=1S/C19H20FNO3/c1-23-13-8-7-12(18(9-13)24-2)11-21-19(22)16-10-15(16)14-5-3-4-6-17(14)20/h3-9,15-16H,10-11H2,1-2H3,(H,21,22). The molecule has 1 aliphatic carbocycles. The van der Waals surface area contributed by atoms with Crippen molar-refractivity contribution in [2.45, 2.75) is 18.9 Å². The molecule has 24 heavy (non-hydrogen) atoms. The molecule has 0 aromatic heterocycles. The molecule has 1 N–H and O–H groups in total. The average molecular weight is 329 g/mol. The monoisotopic (exact) mass is 329 g/mol. The molecule has 0 heterocycles. The minimum atomic E-state index is -0.241. The van der Waals surface area contributed by atoms with Crippen LogP contribution >= 0.6 is 0 Å². The molecule has 2 aromatic rings. The molecule has 4 nitrogen and oxygen atoms in total. The van der Waals surface area contributed by atoms with Crippen molar-refractivity contribution in [3.63, 3.8) is 0 Å². The van der Waals surface area contributed by atoms with Crippen LogP contribution in [0.25, 0.3) is 0 Å². The number of benzene rings is 2. The van der Waals surface area contributed by atoms with Gasteiger partial charge in [-0.15, -0.1) is 0 Å². The second kappa shape index (κ2) is 6.91. The van der Waals surface area contributed by atoms with Gasteiger partial charge in [0.25, 0.3) is 0 Å². The maximum absolute atomic E-state index is 13.8. The van der Waals surface area contributed by atoms with E-state index in [4.69, 9.17) is 9.47 Å². The first-order valence-corrected chi connectivity index (χ1v) is 7.87. The van der Waals surface area contributed by atoms with E-state index in [-0.39, 0.29) is 23.6 Å². The Labute approximate surface area is 140 Å². The third-order valence-corrected chi connectivity index (χ3v) is 4.38. The van der Waals surface area contributed by atoms with E-state index < -0.39 is 0 Å². The molecule has 1 fully saturated rings. The van der Waals surface area contributed by atoms with Crippen molar-refractivity contribution in [1.29, 1.82) is 0 Å². The highest BCUT2D eigenvalue weighted by Gasteiger charge is 2.44. The smallest absolute Gasteiger partial charge is 0.224 e. The lowest BCUT2D eigenvalue weighted by molar-refractivity contribution is -0.122. The summed E-state index contributed by atoms with van der Waals surface area (Å²) in [6, 6.07) is 12.1. The zero-order chi connectivity index (χ0) is 17.1. The molecule has 2 atom stereocenters. The average Bonchev–Trinajstić information content (AvgIpc) is 3.40. The van der Waals surface area contributed by atoms with Crippen molar-refractivity contribution in [1.82, 2.24) is 5.32 Å². The fourth-order valence-electron chi connectivity index (χ4n) is 2.92. The van der Waals surface area contributed by atoms with Crippen LogP contribution in [0.1, 0.15) is 23.5 Å². The number of amides is 1. The van der Waals surface area contributed by atoms with Gasteiger partial charge in [-0.25, -0.2) is 4.39 Å². The van der Waals surface area contributed by atoms with Gasteiger partial charge in [-0.2, -0.15) is 0 Å². The first kappa shape index (κ1) is 16.3. The summed E-state index contributed by atoms with van der Waals surface area (Å²) in [6.07, 6.45) is 0.687. The molecule has 0 bridgehead atoms. The molecule has 5 heteroatoms. The fraction of sp³-hybridized carbons (Fsp3) is 0.316. The highest BCUT2D eigenvalue weighted by Crippen LogP contribution is 2.48. The van der Waals surface area contributed by atoms with E-state index in [9.17, 15) is 9.18 Å².